The van der Waals surface area contributed by atoms with Gasteiger partial charge in [-0.15, -0.1) is 0 Å². The van der Waals surface area contributed by atoms with E-state index >= 15 is 0 Å². The van der Waals surface area contributed by atoms with E-state index in [-0.39, 0.29) is 5.91 Å². The third kappa shape index (κ3) is 2.29. The maximum atomic E-state index is 12.2. The van der Waals surface area contributed by atoms with Crippen LogP contribution < -0.4 is 5.32 Å². The third-order valence-corrected chi connectivity index (χ3v) is 3.78. The van der Waals surface area contributed by atoms with E-state index in [1.165, 1.54) is 0 Å². The molecular weight excluding hydrogens is 262 g/mol. The Bertz CT molecular complexity index is 803. The van der Waals surface area contributed by atoms with E-state index in [2.05, 4.69) is 15.5 Å². The number of nitrogens with zero attached hydrogens (tertiary/aromatic N) is 1. The van der Waals surface area contributed by atoms with Crippen molar-refractivity contribution < 1.29 is 4.79 Å². The SMILES string of the molecule is O=C(NC1CC1)c1ccc2[nH]nc(-c3ccccc3)c2c1. The average Bonchev–Trinajstić information content (AvgIpc) is 3.24. The molecule has 0 unspecified atom stereocenters. The molecule has 4 rings (SSSR count). The Hall–Kier alpha value is -2.62. The quantitative estimate of drug-likeness (QED) is 0.772. The fraction of sp³-hybridized carbons (Fsp3) is 0.176. The highest BCUT2D eigenvalue weighted by atomic mass is 16.1. The second kappa shape index (κ2) is 4.74. The minimum Gasteiger partial charge on any atom is -0.349 e. The standard InChI is InChI=1S/C17H15N3O/c21-17(18-13-7-8-13)12-6-9-15-14(10-12)16(20-19-15)11-4-2-1-3-5-11/h1-6,9-10,13H,7-8H2,(H,18,21)(H,19,20). The highest BCUT2D eigenvalue weighted by molar-refractivity contribution is 6.01. The lowest BCUT2D eigenvalue weighted by atomic mass is 10.1. The first kappa shape index (κ1) is 12.1. The van der Waals surface area contributed by atoms with Gasteiger partial charge in [0.15, 0.2) is 0 Å². The number of aromatic amines is 1. The Kier molecular flexibility index (Phi) is 2.74. The van der Waals surface area contributed by atoms with Gasteiger partial charge in [0.1, 0.15) is 0 Å². The monoisotopic (exact) mass is 277 g/mol. The van der Waals surface area contributed by atoms with Gasteiger partial charge in [0.25, 0.3) is 5.91 Å². The molecule has 0 saturated heterocycles. The fourth-order valence-electron chi connectivity index (χ4n) is 2.47. The zero-order chi connectivity index (χ0) is 14.2. The van der Waals surface area contributed by atoms with Crippen molar-refractivity contribution in [2.45, 2.75) is 18.9 Å². The van der Waals surface area contributed by atoms with Gasteiger partial charge in [-0.1, -0.05) is 30.3 Å². The maximum Gasteiger partial charge on any atom is 0.251 e. The summed E-state index contributed by atoms with van der Waals surface area (Å²) < 4.78 is 0. The van der Waals surface area contributed by atoms with E-state index < -0.39 is 0 Å². The number of amides is 1. The van der Waals surface area contributed by atoms with Crippen LogP contribution in [0.5, 0.6) is 0 Å². The van der Waals surface area contributed by atoms with Crippen LogP contribution in [0.25, 0.3) is 22.2 Å². The second-order valence-electron chi connectivity index (χ2n) is 5.45. The van der Waals surface area contributed by atoms with Gasteiger partial charge in [0, 0.05) is 22.6 Å². The summed E-state index contributed by atoms with van der Waals surface area (Å²) in [7, 11) is 0. The van der Waals surface area contributed by atoms with Crippen LogP contribution in [0.1, 0.15) is 23.2 Å². The Morgan fingerprint density at radius 3 is 2.71 bits per heavy atom. The number of nitrogens with one attached hydrogen (secondary N) is 2. The number of carbonyl (C=O) groups is 1. The topological polar surface area (TPSA) is 57.8 Å². The number of H-pyrrole nitrogens is 1. The first-order valence-corrected chi connectivity index (χ1v) is 7.16. The molecule has 0 atom stereocenters. The molecule has 4 nitrogen and oxygen atoms in total. The predicted octanol–water partition coefficient (Wildman–Crippen LogP) is 3.12. The summed E-state index contributed by atoms with van der Waals surface area (Å²) in [5, 5.41) is 11.4. The number of rotatable bonds is 3. The van der Waals surface area contributed by atoms with Crippen LogP contribution in [0, 0.1) is 0 Å². The molecule has 0 bridgehead atoms. The zero-order valence-corrected chi connectivity index (χ0v) is 11.5. The van der Waals surface area contributed by atoms with E-state index in [1.807, 2.05) is 48.5 Å². The van der Waals surface area contributed by atoms with Crippen LogP contribution in [-0.4, -0.2) is 22.1 Å². The fourth-order valence-corrected chi connectivity index (χ4v) is 2.47. The molecule has 104 valence electrons. The number of hydrogen-bond acceptors (Lipinski definition) is 2. The summed E-state index contributed by atoms with van der Waals surface area (Å²) in [6.07, 6.45) is 2.18. The van der Waals surface area contributed by atoms with Crippen molar-refractivity contribution in [1.29, 1.82) is 0 Å². The van der Waals surface area contributed by atoms with Crippen molar-refractivity contribution in [3.05, 3.63) is 54.1 Å². The largest absolute Gasteiger partial charge is 0.349 e. The van der Waals surface area contributed by atoms with Crippen LogP contribution in [0.15, 0.2) is 48.5 Å². The molecule has 1 heterocycles. The van der Waals surface area contributed by atoms with Crippen LogP contribution >= 0.6 is 0 Å². The van der Waals surface area contributed by atoms with E-state index in [4.69, 9.17) is 0 Å². The predicted molar refractivity (Wildman–Crippen MR) is 82.0 cm³/mol. The minimum absolute atomic E-state index is 0.000360. The van der Waals surface area contributed by atoms with Crippen LogP contribution in [0.2, 0.25) is 0 Å². The molecule has 1 aromatic heterocycles. The molecule has 3 aromatic rings. The molecule has 1 aliphatic carbocycles. The Labute approximate surface area is 122 Å². The normalized spacial score (nSPS) is 14.3. The van der Waals surface area contributed by atoms with E-state index in [1.54, 1.807) is 0 Å². The van der Waals surface area contributed by atoms with Crippen LogP contribution in [0.4, 0.5) is 0 Å². The molecule has 0 radical (unpaired) electrons. The highest BCUT2D eigenvalue weighted by Gasteiger charge is 2.24. The second-order valence-corrected chi connectivity index (χ2v) is 5.45. The smallest absolute Gasteiger partial charge is 0.251 e. The molecule has 2 aromatic carbocycles. The Balaban J connectivity index is 1.77. The van der Waals surface area contributed by atoms with Crippen molar-refractivity contribution in [2.75, 3.05) is 0 Å². The molecule has 4 heteroatoms. The molecule has 0 aliphatic heterocycles. The lowest BCUT2D eigenvalue weighted by Gasteiger charge is -2.04. The molecule has 1 fully saturated rings. The van der Waals surface area contributed by atoms with E-state index in [0.717, 1.165) is 35.0 Å². The number of aromatic nitrogens is 2. The van der Waals surface area contributed by atoms with Crippen LogP contribution in [0.3, 0.4) is 0 Å². The molecule has 1 aliphatic rings. The summed E-state index contributed by atoms with van der Waals surface area (Å²) >= 11 is 0. The van der Waals surface area contributed by atoms with Gasteiger partial charge >= 0.3 is 0 Å². The summed E-state index contributed by atoms with van der Waals surface area (Å²) in [6, 6.07) is 16.0. The first-order chi connectivity index (χ1) is 10.3. The third-order valence-electron chi connectivity index (χ3n) is 3.78. The molecule has 1 saturated carbocycles. The first-order valence-electron chi connectivity index (χ1n) is 7.16. The molecule has 2 N–H and O–H groups in total. The van der Waals surface area contributed by atoms with Gasteiger partial charge in [-0.05, 0) is 31.0 Å². The molecule has 0 spiro atoms. The van der Waals surface area contributed by atoms with Crippen LogP contribution in [-0.2, 0) is 0 Å². The number of hydrogen-bond donors (Lipinski definition) is 2. The van der Waals surface area contributed by atoms with Crippen molar-refractivity contribution in [2.24, 2.45) is 0 Å². The van der Waals surface area contributed by atoms with Gasteiger partial charge < -0.3 is 5.32 Å². The average molecular weight is 277 g/mol. The summed E-state index contributed by atoms with van der Waals surface area (Å²) in [4.78, 5) is 12.2. The van der Waals surface area contributed by atoms with Gasteiger partial charge in [-0.3, -0.25) is 9.89 Å². The number of fused-ring (bicyclic) bond motifs is 1. The highest BCUT2D eigenvalue weighted by Crippen LogP contribution is 2.27. The van der Waals surface area contributed by atoms with Gasteiger partial charge in [0.2, 0.25) is 0 Å². The Morgan fingerprint density at radius 2 is 1.95 bits per heavy atom. The summed E-state index contributed by atoms with van der Waals surface area (Å²) in [6.45, 7) is 0. The lowest BCUT2D eigenvalue weighted by molar-refractivity contribution is 0.0951. The van der Waals surface area contributed by atoms with Crippen molar-refractivity contribution in [3.8, 4) is 11.3 Å². The minimum atomic E-state index is -0.000360. The van der Waals surface area contributed by atoms with Gasteiger partial charge in [-0.25, -0.2) is 0 Å². The van der Waals surface area contributed by atoms with Crippen molar-refractivity contribution in [3.63, 3.8) is 0 Å². The summed E-state index contributed by atoms with van der Waals surface area (Å²) in [5.41, 5.74) is 3.56. The van der Waals surface area contributed by atoms with Crippen molar-refractivity contribution >= 4 is 16.8 Å². The van der Waals surface area contributed by atoms with Gasteiger partial charge in [-0.2, -0.15) is 5.10 Å². The molecular formula is C17H15N3O. The molecule has 21 heavy (non-hydrogen) atoms. The Morgan fingerprint density at radius 1 is 1.14 bits per heavy atom. The van der Waals surface area contributed by atoms with E-state index in [9.17, 15) is 4.79 Å². The molecule has 1 amide bonds. The van der Waals surface area contributed by atoms with Gasteiger partial charge in [0.05, 0.1) is 11.2 Å². The number of carbonyl (C=O) groups excluding carboxylic acids is 1. The summed E-state index contributed by atoms with van der Waals surface area (Å²) in [5.74, 6) is -0.000360. The van der Waals surface area contributed by atoms with Crippen molar-refractivity contribution in [1.82, 2.24) is 15.5 Å². The van der Waals surface area contributed by atoms with E-state index in [0.29, 0.717) is 11.6 Å². The number of benzene rings is 2. The zero-order valence-electron chi connectivity index (χ0n) is 11.5. The lowest BCUT2D eigenvalue weighted by Crippen LogP contribution is -2.25. The maximum absolute atomic E-state index is 12.2.